The van der Waals surface area contributed by atoms with Crippen LogP contribution in [0.5, 0.6) is 5.75 Å². The molecule has 2 saturated carbocycles. The number of hydrogen-bond acceptors (Lipinski definition) is 3. The maximum atomic E-state index is 12.4. The summed E-state index contributed by atoms with van der Waals surface area (Å²) >= 11 is 0. The largest absolute Gasteiger partial charge is 0.488 e. The van der Waals surface area contributed by atoms with Crippen LogP contribution >= 0.6 is 0 Å². The fraction of sp³-hybridized carbons (Fsp3) is 0.652. The third-order valence-electron chi connectivity index (χ3n) is 5.37. The van der Waals surface area contributed by atoms with Gasteiger partial charge in [-0.25, -0.2) is 0 Å². The second-order valence-electron chi connectivity index (χ2n) is 9.24. The Morgan fingerprint density at radius 2 is 1.86 bits per heavy atom. The monoisotopic (exact) mass is 400 g/mol. The van der Waals surface area contributed by atoms with E-state index in [1.807, 2.05) is 18.2 Å². The first kappa shape index (κ1) is 21.5. The van der Waals surface area contributed by atoms with Gasteiger partial charge in [-0.15, -0.1) is 0 Å². The Balaban J connectivity index is 1.52. The first-order chi connectivity index (χ1) is 13.8. The van der Waals surface area contributed by atoms with E-state index in [1.165, 1.54) is 0 Å². The third-order valence-corrected chi connectivity index (χ3v) is 5.37. The van der Waals surface area contributed by atoms with Crippen LogP contribution in [0.1, 0.15) is 64.9 Å². The number of para-hydroxylation sites is 1. The molecule has 2 unspecified atom stereocenters. The van der Waals surface area contributed by atoms with Gasteiger partial charge in [0.1, 0.15) is 11.4 Å². The number of nitrogens with zero attached hydrogens (tertiary/aromatic N) is 1. The van der Waals surface area contributed by atoms with Gasteiger partial charge in [0.05, 0.1) is 0 Å². The first-order valence-electron chi connectivity index (χ1n) is 10.9. The molecule has 0 spiro atoms. The minimum Gasteiger partial charge on any atom is -0.488 e. The minimum atomic E-state index is -0.242. The quantitative estimate of drug-likeness (QED) is 0.506. The number of guanidine groups is 1. The molecule has 2 aliphatic carbocycles. The van der Waals surface area contributed by atoms with Crippen LogP contribution in [0.2, 0.25) is 0 Å². The van der Waals surface area contributed by atoms with Crippen molar-refractivity contribution in [1.82, 2.24) is 16.0 Å². The van der Waals surface area contributed by atoms with E-state index in [4.69, 9.17) is 4.74 Å². The summed E-state index contributed by atoms with van der Waals surface area (Å²) in [6.07, 6.45) is 6.26. The van der Waals surface area contributed by atoms with Crippen molar-refractivity contribution < 1.29 is 9.53 Å². The van der Waals surface area contributed by atoms with E-state index in [0.29, 0.717) is 12.6 Å². The summed E-state index contributed by atoms with van der Waals surface area (Å²) in [5.41, 5.74) is 0.851. The van der Waals surface area contributed by atoms with Gasteiger partial charge in [0.15, 0.2) is 5.96 Å². The zero-order valence-corrected chi connectivity index (χ0v) is 18.3. The van der Waals surface area contributed by atoms with E-state index in [1.54, 1.807) is 7.05 Å². The predicted octanol–water partition coefficient (Wildman–Crippen LogP) is 3.37. The van der Waals surface area contributed by atoms with Gasteiger partial charge in [-0.2, -0.15) is 0 Å². The molecule has 1 aromatic rings. The second kappa shape index (κ2) is 9.51. The van der Waals surface area contributed by atoms with E-state index in [2.05, 4.69) is 47.8 Å². The molecule has 2 fully saturated rings. The van der Waals surface area contributed by atoms with E-state index in [-0.39, 0.29) is 23.5 Å². The third kappa shape index (κ3) is 6.94. The Kier molecular flexibility index (Phi) is 7.04. The van der Waals surface area contributed by atoms with Gasteiger partial charge >= 0.3 is 0 Å². The summed E-state index contributed by atoms with van der Waals surface area (Å²) < 4.78 is 6.08. The van der Waals surface area contributed by atoms with E-state index < -0.39 is 0 Å². The number of rotatable bonds is 6. The highest BCUT2D eigenvalue weighted by Gasteiger charge is 2.31. The van der Waals surface area contributed by atoms with Crippen LogP contribution < -0.4 is 20.7 Å². The Morgan fingerprint density at radius 3 is 2.55 bits per heavy atom. The molecular formula is C23H36N4O2. The maximum absolute atomic E-state index is 12.4. The van der Waals surface area contributed by atoms with Crippen molar-refractivity contribution in [2.75, 3.05) is 7.05 Å². The van der Waals surface area contributed by atoms with Gasteiger partial charge in [-0.3, -0.25) is 9.79 Å². The molecule has 1 aromatic carbocycles. The Bertz CT molecular complexity index is 722. The number of nitrogens with one attached hydrogen (secondary N) is 3. The number of carbonyl (C=O) groups is 1. The van der Waals surface area contributed by atoms with Crippen LogP contribution in [0.3, 0.4) is 0 Å². The van der Waals surface area contributed by atoms with Crippen molar-refractivity contribution in [2.45, 2.75) is 83.5 Å². The summed E-state index contributed by atoms with van der Waals surface area (Å²) in [7, 11) is 1.78. The van der Waals surface area contributed by atoms with Crippen molar-refractivity contribution >= 4 is 11.9 Å². The predicted molar refractivity (Wildman–Crippen MR) is 117 cm³/mol. The van der Waals surface area contributed by atoms with Crippen molar-refractivity contribution in [1.29, 1.82) is 0 Å². The Morgan fingerprint density at radius 1 is 1.10 bits per heavy atom. The standard InChI is InChI=1S/C23H36N4O2/c1-23(2,3)29-20-11-6-5-8-17(20)15-25-22(24-4)27-19-10-7-9-16(14-19)21(28)26-18-12-13-18/h5-6,8,11,16,18-19H,7,9-10,12-15H2,1-4H3,(H,26,28)(H2,24,25,27). The SMILES string of the molecule is CN=C(NCc1ccccc1OC(C)(C)C)NC1CCCC(C(=O)NC2CC2)C1. The van der Waals surface area contributed by atoms with E-state index in [9.17, 15) is 4.79 Å². The molecule has 0 saturated heterocycles. The highest BCUT2D eigenvalue weighted by molar-refractivity contribution is 5.81. The highest BCUT2D eigenvalue weighted by atomic mass is 16.5. The lowest BCUT2D eigenvalue weighted by Gasteiger charge is -2.30. The normalized spacial score (nSPS) is 22.7. The summed E-state index contributed by atoms with van der Waals surface area (Å²) in [6.45, 7) is 6.79. The highest BCUT2D eigenvalue weighted by Crippen LogP contribution is 2.27. The molecule has 0 heterocycles. The van der Waals surface area contributed by atoms with Gasteiger partial charge in [0, 0.05) is 37.2 Å². The van der Waals surface area contributed by atoms with Gasteiger partial charge in [-0.1, -0.05) is 24.6 Å². The molecule has 6 heteroatoms. The summed E-state index contributed by atoms with van der Waals surface area (Å²) in [5.74, 6) is 2.00. The first-order valence-corrected chi connectivity index (χ1v) is 10.9. The number of carbonyl (C=O) groups excluding carboxylic acids is 1. The van der Waals surface area contributed by atoms with Crippen LogP contribution in [0, 0.1) is 5.92 Å². The molecule has 1 amide bonds. The molecular weight excluding hydrogens is 364 g/mol. The molecule has 29 heavy (non-hydrogen) atoms. The van der Waals surface area contributed by atoms with Crippen LogP contribution in [0.4, 0.5) is 0 Å². The zero-order chi connectivity index (χ0) is 20.9. The molecule has 0 radical (unpaired) electrons. The number of ether oxygens (including phenoxy) is 1. The molecule has 3 rings (SSSR count). The number of hydrogen-bond donors (Lipinski definition) is 3. The van der Waals surface area contributed by atoms with Gasteiger partial charge < -0.3 is 20.7 Å². The van der Waals surface area contributed by atoms with Crippen molar-refractivity contribution in [3.05, 3.63) is 29.8 Å². The number of aliphatic imine (C=N–C) groups is 1. The molecule has 0 bridgehead atoms. The number of amides is 1. The lowest BCUT2D eigenvalue weighted by Crippen LogP contribution is -2.47. The molecule has 6 nitrogen and oxygen atoms in total. The topological polar surface area (TPSA) is 74.8 Å². The molecule has 3 N–H and O–H groups in total. The fourth-order valence-electron chi connectivity index (χ4n) is 3.75. The van der Waals surface area contributed by atoms with Crippen molar-refractivity contribution in [3.63, 3.8) is 0 Å². The van der Waals surface area contributed by atoms with Gasteiger partial charge in [-0.05, 0) is 58.9 Å². The fourth-order valence-corrected chi connectivity index (χ4v) is 3.75. The Labute approximate surface area is 174 Å². The lowest BCUT2D eigenvalue weighted by molar-refractivity contribution is -0.126. The minimum absolute atomic E-state index is 0.112. The van der Waals surface area contributed by atoms with Crippen LogP contribution in [-0.2, 0) is 11.3 Å². The molecule has 0 aromatic heterocycles. The maximum Gasteiger partial charge on any atom is 0.223 e. The molecule has 2 atom stereocenters. The summed E-state index contributed by atoms with van der Waals surface area (Å²) in [5, 5.41) is 10.1. The zero-order valence-electron chi connectivity index (χ0n) is 18.3. The van der Waals surface area contributed by atoms with Crippen molar-refractivity contribution in [2.24, 2.45) is 10.9 Å². The van der Waals surface area contributed by atoms with Crippen LogP contribution in [0.25, 0.3) is 0 Å². The molecule has 160 valence electrons. The van der Waals surface area contributed by atoms with Gasteiger partial charge in [0.25, 0.3) is 0 Å². The van der Waals surface area contributed by atoms with E-state index >= 15 is 0 Å². The second-order valence-corrected chi connectivity index (χ2v) is 9.24. The lowest BCUT2D eigenvalue weighted by atomic mass is 9.85. The summed E-state index contributed by atoms with van der Waals surface area (Å²) in [4.78, 5) is 16.8. The summed E-state index contributed by atoms with van der Waals surface area (Å²) in [6, 6.07) is 8.79. The average Bonchev–Trinajstić information content (AvgIpc) is 3.49. The van der Waals surface area contributed by atoms with Gasteiger partial charge in [0.2, 0.25) is 5.91 Å². The van der Waals surface area contributed by atoms with Crippen LogP contribution in [-0.4, -0.2) is 36.6 Å². The van der Waals surface area contributed by atoms with Crippen LogP contribution in [0.15, 0.2) is 29.3 Å². The number of benzene rings is 1. The smallest absolute Gasteiger partial charge is 0.223 e. The average molecular weight is 401 g/mol. The molecule has 0 aliphatic heterocycles. The van der Waals surface area contributed by atoms with Crippen molar-refractivity contribution in [3.8, 4) is 5.75 Å². The molecule has 2 aliphatic rings. The van der Waals surface area contributed by atoms with E-state index in [0.717, 1.165) is 55.8 Å². The Hall–Kier alpha value is -2.24.